The predicted molar refractivity (Wildman–Crippen MR) is 140 cm³/mol. The smallest absolute Gasteiger partial charge is 0.870 e. The zero-order chi connectivity index (χ0) is 26.9. The Morgan fingerprint density at radius 2 is 1.76 bits per heavy atom. The van der Waals surface area contributed by atoms with Crippen molar-refractivity contribution in [2.75, 3.05) is 12.4 Å². The van der Waals surface area contributed by atoms with Crippen molar-refractivity contribution < 1.29 is 57.2 Å². The van der Waals surface area contributed by atoms with Crippen molar-refractivity contribution in [1.82, 2.24) is 0 Å². The number of fused-ring (bicyclic) bond motifs is 1. The van der Waals surface area contributed by atoms with E-state index < -0.39 is 26.7 Å². The number of ether oxygens (including phenoxy) is 1. The normalized spacial score (nSPS) is 11.4. The van der Waals surface area contributed by atoms with E-state index in [9.17, 15) is 22.9 Å². The molecular weight excluding hydrogens is 564 g/mol. The van der Waals surface area contributed by atoms with Crippen molar-refractivity contribution in [2.45, 2.75) is 11.8 Å². The summed E-state index contributed by atoms with van der Waals surface area (Å²) in [5.74, 6) is -0.986. The number of hydrogen-bond acceptors (Lipinski definition) is 7. The zero-order valence-electron chi connectivity index (χ0n) is 20.3. The molecule has 0 saturated carbocycles. The monoisotopic (exact) mass is 581 g/mol. The first-order valence-electron chi connectivity index (χ1n) is 10.6. The Morgan fingerprint density at radius 3 is 2.45 bits per heavy atom. The van der Waals surface area contributed by atoms with Crippen LogP contribution in [0.1, 0.15) is 15.9 Å². The molecule has 0 fully saturated rings. The fraction of sp³-hybridized carbons (Fsp3) is 0.0800. The van der Waals surface area contributed by atoms with Crippen LogP contribution < -0.4 is 44.7 Å². The van der Waals surface area contributed by atoms with E-state index in [1.165, 1.54) is 32.2 Å². The number of azo groups is 1. The molecule has 0 spiro atoms. The number of benzene rings is 4. The second-order valence-corrected chi connectivity index (χ2v) is 10.1. The van der Waals surface area contributed by atoms with Crippen LogP contribution in [-0.4, -0.2) is 26.0 Å². The minimum atomic E-state index is -4.58. The number of rotatable bonds is 6. The molecule has 0 radical (unpaired) electrons. The summed E-state index contributed by atoms with van der Waals surface area (Å²) in [6.07, 6.45) is 0. The van der Waals surface area contributed by atoms with Crippen LogP contribution in [0.25, 0.3) is 10.8 Å². The first-order chi connectivity index (χ1) is 17.5. The number of amides is 1. The van der Waals surface area contributed by atoms with E-state index in [0.29, 0.717) is 16.5 Å². The maximum absolute atomic E-state index is 13.4. The number of carbonyl (C=O) groups excluding carboxylic acids is 1. The van der Waals surface area contributed by atoms with Gasteiger partial charge >= 0.3 is 29.6 Å². The molecule has 0 aromatic heterocycles. The van der Waals surface area contributed by atoms with Gasteiger partial charge in [-0.1, -0.05) is 53.2 Å². The van der Waals surface area contributed by atoms with Crippen LogP contribution in [0, 0.1) is 6.92 Å². The van der Waals surface area contributed by atoms with E-state index in [2.05, 4.69) is 15.5 Å². The minimum absolute atomic E-state index is 0. The topological polar surface area (TPSA) is 140 Å². The molecule has 4 aromatic rings. The van der Waals surface area contributed by atoms with Gasteiger partial charge in [0.25, 0.3) is 16.0 Å². The number of methoxy groups -OCH3 is 1. The maximum atomic E-state index is 13.4. The van der Waals surface area contributed by atoms with Gasteiger partial charge in [-0.3, -0.25) is 9.35 Å². The van der Waals surface area contributed by atoms with E-state index in [0.717, 1.165) is 6.07 Å². The van der Waals surface area contributed by atoms with E-state index in [1.807, 2.05) is 0 Å². The number of nitrogens with zero attached hydrogens (tertiary/aromatic N) is 2. The van der Waals surface area contributed by atoms with Gasteiger partial charge in [0.2, 0.25) is 0 Å². The average Bonchev–Trinajstić information content (AvgIpc) is 2.85. The summed E-state index contributed by atoms with van der Waals surface area (Å²) in [5.41, 5.74) is -0.0228. The van der Waals surface area contributed by atoms with Gasteiger partial charge in [0.15, 0.2) is 0 Å². The molecule has 0 aliphatic heterocycles. The average molecular weight is 582 g/mol. The van der Waals surface area contributed by atoms with Crippen LogP contribution in [0.5, 0.6) is 11.5 Å². The number of hydrogen-bond donors (Lipinski definition) is 2. The first-order valence-corrected chi connectivity index (χ1v) is 12.8. The molecule has 0 unspecified atom stereocenters. The van der Waals surface area contributed by atoms with Crippen molar-refractivity contribution in [2.24, 2.45) is 10.2 Å². The second kappa shape index (κ2) is 12.0. The van der Waals surface area contributed by atoms with Gasteiger partial charge in [-0.25, -0.2) is 0 Å². The van der Waals surface area contributed by atoms with E-state index in [1.54, 1.807) is 36.4 Å². The summed E-state index contributed by atoms with van der Waals surface area (Å²) < 4.78 is 38.1. The second-order valence-electron chi connectivity index (χ2n) is 7.85. The van der Waals surface area contributed by atoms with Gasteiger partial charge in [-0.05, 0) is 48.2 Å². The zero-order valence-corrected chi connectivity index (χ0v) is 24.6. The van der Waals surface area contributed by atoms with Crippen LogP contribution in [-0.2, 0) is 10.1 Å². The van der Waals surface area contributed by atoms with Crippen molar-refractivity contribution in [1.29, 1.82) is 0 Å². The van der Waals surface area contributed by atoms with Gasteiger partial charge in [-0.15, -0.1) is 0 Å². The molecule has 0 bridgehead atoms. The largest absolute Gasteiger partial charge is 1.00 e. The van der Waals surface area contributed by atoms with Crippen LogP contribution in [0.4, 0.5) is 17.1 Å². The summed E-state index contributed by atoms with van der Waals surface area (Å²) in [7, 11) is -3.12. The Morgan fingerprint density at radius 1 is 1.05 bits per heavy atom. The molecule has 13 heteroatoms. The molecule has 0 aliphatic rings. The van der Waals surface area contributed by atoms with E-state index in [-0.39, 0.29) is 67.8 Å². The first kappa shape index (κ1) is 29.9. The van der Waals surface area contributed by atoms with Gasteiger partial charge in [0, 0.05) is 22.0 Å². The van der Waals surface area contributed by atoms with Crippen LogP contribution >= 0.6 is 23.2 Å². The summed E-state index contributed by atoms with van der Waals surface area (Å²) in [5, 5.41) is 25.3. The number of carbonyl (C=O) groups is 1. The summed E-state index contributed by atoms with van der Waals surface area (Å²) in [6.45, 7) is 1.41. The van der Waals surface area contributed by atoms with Crippen LogP contribution in [0.15, 0.2) is 75.8 Å². The standard InChI is InChI=1S/C25H19Cl2N3O6S.Na/c1-13-20(10-15(26)11-22(13)37(33,34)35)29-30-23-17-6-4-3-5-14(17)9-18(24(23)31)25(32)28-21-12-16(36-2)7-8-19(21)27;/h3-12,31H,1-2H3,(H,28,32)(H,33,34,35);/q;+1/p-1. The molecule has 0 saturated heterocycles. The Bertz CT molecular complexity index is 1700. The molecule has 0 atom stereocenters. The van der Waals surface area contributed by atoms with Crippen molar-refractivity contribution in [3.8, 4) is 11.5 Å². The predicted octanol–water partition coefficient (Wildman–Crippen LogP) is 3.46. The molecule has 2 N–H and O–H groups in total. The Balaban J connectivity index is 0.00000400. The maximum Gasteiger partial charge on any atom is 1.00 e. The fourth-order valence-electron chi connectivity index (χ4n) is 3.61. The van der Waals surface area contributed by atoms with Crippen LogP contribution in [0.3, 0.4) is 0 Å². The van der Waals surface area contributed by atoms with Gasteiger partial charge in [0.1, 0.15) is 10.6 Å². The Kier molecular flexibility index (Phi) is 9.43. The molecule has 0 aliphatic carbocycles. The fourth-order valence-corrected chi connectivity index (χ4v) is 4.82. The summed E-state index contributed by atoms with van der Waals surface area (Å²) in [6, 6.07) is 15.3. The third kappa shape index (κ3) is 6.29. The van der Waals surface area contributed by atoms with Crippen molar-refractivity contribution in [3.05, 3.63) is 81.8 Å². The third-order valence-corrected chi connectivity index (χ3v) is 7.00. The van der Waals surface area contributed by atoms with Crippen molar-refractivity contribution in [3.63, 3.8) is 0 Å². The molecule has 9 nitrogen and oxygen atoms in total. The number of halogens is 2. The third-order valence-electron chi connectivity index (χ3n) is 5.47. The van der Waals surface area contributed by atoms with Crippen LogP contribution in [0.2, 0.25) is 10.0 Å². The molecule has 190 valence electrons. The van der Waals surface area contributed by atoms with Gasteiger partial charge < -0.3 is 15.2 Å². The Labute approximate surface area is 250 Å². The molecule has 4 rings (SSSR count). The van der Waals surface area contributed by atoms with E-state index >= 15 is 0 Å². The summed E-state index contributed by atoms with van der Waals surface area (Å²) >= 11 is 12.2. The van der Waals surface area contributed by atoms with Crippen molar-refractivity contribution >= 4 is 67.1 Å². The van der Waals surface area contributed by atoms with E-state index in [4.69, 9.17) is 27.9 Å². The molecule has 4 aromatic carbocycles. The number of nitrogens with one attached hydrogen (secondary N) is 1. The summed E-state index contributed by atoms with van der Waals surface area (Å²) in [4.78, 5) is 12.7. The molecule has 0 heterocycles. The SMILES string of the molecule is COc1ccc(Cl)c(NC(=O)c2cc3ccccc3c(N=Nc3cc(Cl)cc(S(=O)(=O)O)c3C)c2[O-])c1.[Na+]. The molecule has 1 amide bonds. The molecular formula is C25H18Cl2N3NaO6S. The van der Waals surface area contributed by atoms with Gasteiger partial charge in [0.05, 0.1) is 29.2 Å². The molecule has 38 heavy (non-hydrogen) atoms. The number of anilines is 1. The Hall–Kier alpha value is -2.70. The minimum Gasteiger partial charge on any atom is -0.870 e. The van der Waals surface area contributed by atoms with Gasteiger partial charge in [-0.2, -0.15) is 18.6 Å². The quantitative estimate of drug-likeness (QED) is 0.203.